The number of fused-ring (bicyclic) bond motifs is 3. The Balaban J connectivity index is 1.65. The number of anilines is 1. The van der Waals surface area contributed by atoms with Crippen molar-refractivity contribution in [1.29, 1.82) is 0 Å². The Bertz CT molecular complexity index is 1330. The predicted molar refractivity (Wildman–Crippen MR) is 131 cm³/mol. The summed E-state index contributed by atoms with van der Waals surface area (Å²) in [5.74, 6) is -1.42. The maximum absolute atomic E-state index is 14.7. The highest BCUT2D eigenvalue weighted by Crippen LogP contribution is 2.39. The molecule has 0 radical (unpaired) electrons. The maximum atomic E-state index is 14.7. The number of rotatable bonds is 5. The SMILES string of the molecule is CC(=O)Nc1c2n(c3ccccc13)C[C@@](C)(C(=O)NC1CCCC1)N(Cc1ccccc1F)C2=O. The maximum Gasteiger partial charge on any atom is 0.273 e. The van der Waals surface area contributed by atoms with Crippen LogP contribution in [0.1, 0.15) is 55.6 Å². The molecule has 1 saturated carbocycles. The normalized spacial score (nSPS) is 20.2. The van der Waals surface area contributed by atoms with Crippen LogP contribution in [0.25, 0.3) is 10.9 Å². The van der Waals surface area contributed by atoms with E-state index in [1.807, 2.05) is 28.8 Å². The number of amides is 3. The third-order valence-corrected chi connectivity index (χ3v) is 7.25. The second kappa shape index (κ2) is 8.83. The highest BCUT2D eigenvalue weighted by Gasteiger charge is 2.49. The largest absolute Gasteiger partial charge is 0.351 e. The van der Waals surface area contributed by atoms with Crippen molar-refractivity contribution < 1.29 is 18.8 Å². The lowest BCUT2D eigenvalue weighted by molar-refractivity contribution is -0.133. The van der Waals surface area contributed by atoms with Crippen LogP contribution >= 0.6 is 0 Å². The number of benzene rings is 2. The first-order valence-corrected chi connectivity index (χ1v) is 12.0. The zero-order chi connectivity index (χ0) is 24.7. The molecular formula is C27H29FN4O3. The number of nitrogens with zero attached hydrogens (tertiary/aromatic N) is 2. The molecule has 3 amide bonds. The molecule has 2 N–H and O–H groups in total. The zero-order valence-electron chi connectivity index (χ0n) is 19.9. The standard InChI is InChI=1S/C27H29FN4O3/c1-17(33)29-23-20-12-6-8-14-22(20)31-16-27(2,26(35)30-19-10-4-5-11-19)32(25(34)24(23)31)15-18-9-3-7-13-21(18)28/h3,6-9,12-14,19H,4-5,10-11,15-16H2,1-2H3,(H,29,33)(H,30,35)/t27-/m0/s1. The number of hydrogen-bond acceptors (Lipinski definition) is 3. The van der Waals surface area contributed by atoms with Crippen LogP contribution in [-0.4, -0.2) is 38.8 Å². The molecule has 182 valence electrons. The first-order chi connectivity index (χ1) is 16.8. The molecule has 0 unspecified atom stereocenters. The fourth-order valence-electron chi connectivity index (χ4n) is 5.39. The average Bonchev–Trinajstić information content (AvgIpc) is 3.44. The highest BCUT2D eigenvalue weighted by molar-refractivity contribution is 6.14. The van der Waals surface area contributed by atoms with E-state index in [9.17, 15) is 18.8 Å². The molecule has 2 aliphatic rings. The van der Waals surface area contributed by atoms with Crippen LogP contribution in [-0.2, 0) is 22.7 Å². The molecule has 5 rings (SSSR count). The molecule has 1 atom stereocenters. The first kappa shape index (κ1) is 23.1. The van der Waals surface area contributed by atoms with E-state index in [1.165, 1.54) is 17.9 Å². The molecule has 35 heavy (non-hydrogen) atoms. The molecule has 1 aliphatic carbocycles. The Morgan fingerprint density at radius 2 is 1.77 bits per heavy atom. The van der Waals surface area contributed by atoms with Gasteiger partial charge in [0.15, 0.2) is 0 Å². The van der Waals surface area contributed by atoms with Gasteiger partial charge < -0.3 is 20.1 Å². The van der Waals surface area contributed by atoms with E-state index in [2.05, 4.69) is 10.6 Å². The topological polar surface area (TPSA) is 83.4 Å². The fraction of sp³-hybridized carbons (Fsp3) is 0.370. The lowest BCUT2D eigenvalue weighted by atomic mass is 9.93. The molecule has 1 aliphatic heterocycles. The lowest BCUT2D eigenvalue weighted by Crippen LogP contribution is -2.64. The summed E-state index contributed by atoms with van der Waals surface area (Å²) < 4.78 is 16.5. The Labute approximate surface area is 203 Å². The van der Waals surface area contributed by atoms with Gasteiger partial charge in [0.05, 0.1) is 24.3 Å². The molecule has 7 nitrogen and oxygen atoms in total. The van der Waals surface area contributed by atoms with E-state index in [0.717, 1.165) is 36.6 Å². The summed E-state index contributed by atoms with van der Waals surface area (Å²) in [4.78, 5) is 41.4. The van der Waals surface area contributed by atoms with Gasteiger partial charge in [0, 0.05) is 23.9 Å². The zero-order valence-corrected chi connectivity index (χ0v) is 19.9. The molecule has 3 aromatic rings. The van der Waals surface area contributed by atoms with Gasteiger partial charge in [-0.05, 0) is 31.9 Å². The smallest absolute Gasteiger partial charge is 0.273 e. The lowest BCUT2D eigenvalue weighted by Gasteiger charge is -2.44. The molecule has 2 heterocycles. The third kappa shape index (κ3) is 3.96. The number of nitrogens with one attached hydrogen (secondary N) is 2. The third-order valence-electron chi connectivity index (χ3n) is 7.25. The van der Waals surface area contributed by atoms with Crippen LogP contribution in [0.5, 0.6) is 0 Å². The van der Waals surface area contributed by atoms with Gasteiger partial charge >= 0.3 is 0 Å². The van der Waals surface area contributed by atoms with Crippen molar-refractivity contribution in [3.8, 4) is 0 Å². The summed E-state index contributed by atoms with van der Waals surface area (Å²) in [6.45, 7) is 3.25. The number of carbonyl (C=O) groups excluding carboxylic acids is 3. The van der Waals surface area contributed by atoms with Gasteiger partial charge in [0.25, 0.3) is 5.91 Å². The number of aromatic nitrogens is 1. The summed E-state index contributed by atoms with van der Waals surface area (Å²) >= 11 is 0. The Morgan fingerprint density at radius 1 is 1.09 bits per heavy atom. The monoisotopic (exact) mass is 476 g/mol. The van der Waals surface area contributed by atoms with E-state index < -0.39 is 17.3 Å². The van der Waals surface area contributed by atoms with Crippen LogP contribution in [0.15, 0.2) is 48.5 Å². The predicted octanol–water partition coefficient (Wildman–Crippen LogP) is 4.21. The van der Waals surface area contributed by atoms with Gasteiger partial charge in [-0.15, -0.1) is 0 Å². The molecule has 1 aromatic heterocycles. The van der Waals surface area contributed by atoms with Gasteiger partial charge in [0.1, 0.15) is 17.1 Å². The molecule has 0 saturated heterocycles. The van der Waals surface area contributed by atoms with Crippen molar-refractivity contribution in [3.05, 3.63) is 65.6 Å². The molecule has 2 aromatic carbocycles. The van der Waals surface area contributed by atoms with Gasteiger partial charge in [0.2, 0.25) is 11.8 Å². The second-order valence-electron chi connectivity index (χ2n) is 9.72. The van der Waals surface area contributed by atoms with E-state index in [4.69, 9.17) is 0 Å². The van der Waals surface area contributed by atoms with Gasteiger partial charge in [-0.2, -0.15) is 0 Å². The van der Waals surface area contributed by atoms with E-state index in [0.29, 0.717) is 16.9 Å². The molecule has 0 bridgehead atoms. The van der Waals surface area contributed by atoms with Crippen molar-refractivity contribution in [2.24, 2.45) is 0 Å². The summed E-state index contributed by atoms with van der Waals surface area (Å²) in [5, 5.41) is 6.68. The molecule has 0 spiro atoms. The van der Waals surface area contributed by atoms with Crippen molar-refractivity contribution in [1.82, 2.24) is 14.8 Å². The Kier molecular flexibility index (Phi) is 5.83. The second-order valence-corrected chi connectivity index (χ2v) is 9.72. The Morgan fingerprint density at radius 3 is 2.49 bits per heavy atom. The van der Waals surface area contributed by atoms with Gasteiger partial charge in [-0.25, -0.2) is 4.39 Å². The van der Waals surface area contributed by atoms with Crippen molar-refractivity contribution >= 4 is 34.3 Å². The number of para-hydroxylation sites is 1. The molecular weight excluding hydrogens is 447 g/mol. The molecule has 8 heteroatoms. The highest BCUT2D eigenvalue weighted by atomic mass is 19.1. The summed E-state index contributed by atoms with van der Waals surface area (Å²) in [7, 11) is 0. The van der Waals surface area contributed by atoms with Crippen molar-refractivity contribution in [3.63, 3.8) is 0 Å². The summed E-state index contributed by atoms with van der Waals surface area (Å²) in [6, 6.07) is 13.8. The van der Waals surface area contributed by atoms with Crippen LogP contribution in [0.4, 0.5) is 10.1 Å². The number of hydrogen-bond donors (Lipinski definition) is 2. The van der Waals surface area contributed by atoms with Gasteiger partial charge in [-0.3, -0.25) is 14.4 Å². The van der Waals surface area contributed by atoms with E-state index in [-0.39, 0.29) is 30.9 Å². The summed E-state index contributed by atoms with van der Waals surface area (Å²) in [5.41, 5.74) is 0.528. The Hall–Kier alpha value is -3.68. The van der Waals surface area contributed by atoms with Crippen LogP contribution < -0.4 is 10.6 Å². The van der Waals surface area contributed by atoms with Crippen molar-refractivity contribution in [2.75, 3.05) is 5.32 Å². The number of carbonyl (C=O) groups is 3. The minimum Gasteiger partial charge on any atom is -0.351 e. The van der Waals surface area contributed by atoms with E-state index in [1.54, 1.807) is 25.1 Å². The van der Waals surface area contributed by atoms with Crippen LogP contribution in [0, 0.1) is 5.82 Å². The minimum atomic E-state index is -1.26. The number of halogens is 1. The van der Waals surface area contributed by atoms with Crippen molar-refractivity contribution in [2.45, 2.75) is 64.2 Å². The van der Waals surface area contributed by atoms with Crippen LogP contribution in [0.2, 0.25) is 0 Å². The molecule has 1 fully saturated rings. The quantitative estimate of drug-likeness (QED) is 0.579. The summed E-state index contributed by atoms with van der Waals surface area (Å²) in [6.07, 6.45) is 3.94. The fourth-order valence-corrected chi connectivity index (χ4v) is 5.39. The average molecular weight is 477 g/mol. The van der Waals surface area contributed by atoms with Crippen LogP contribution in [0.3, 0.4) is 0 Å². The first-order valence-electron chi connectivity index (χ1n) is 12.0. The minimum absolute atomic E-state index is 0.0683. The van der Waals surface area contributed by atoms with E-state index >= 15 is 0 Å². The van der Waals surface area contributed by atoms with Gasteiger partial charge in [-0.1, -0.05) is 49.2 Å².